The molecule has 10 nitrogen and oxygen atoms in total. The van der Waals surface area contributed by atoms with Crippen LogP contribution in [0.25, 0.3) is 0 Å². The van der Waals surface area contributed by atoms with Gasteiger partial charge in [-0.25, -0.2) is 0 Å². The van der Waals surface area contributed by atoms with E-state index >= 15 is 0 Å². The molecule has 1 aromatic carbocycles. The van der Waals surface area contributed by atoms with Crippen LogP contribution >= 0.6 is 0 Å². The second-order valence-electron chi connectivity index (χ2n) is 3.62. The Morgan fingerprint density at radius 1 is 1.23 bits per heavy atom. The van der Waals surface area contributed by atoms with Crippen LogP contribution in [-0.4, -0.2) is 17.9 Å². The Hall–Kier alpha value is -3.46. The Balaban J connectivity index is 3.49. The van der Waals surface area contributed by atoms with Crippen LogP contribution in [0.3, 0.4) is 0 Å². The molecule has 0 aliphatic carbocycles. The van der Waals surface area contributed by atoms with Crippen LogP contribution in [0, 0.1) is 44.1 Å². The molecular weight excluding hydrogens is 314 g/mol. The zero-order valence-corrected chi connectivity index (χ0v) is 11.3. The second kappa shape index (κ2) is 6.33. The van der Waals surface area contributed by atoms with Crippen LogP contribution in [0.5, 0.6) is 0 Å². The molecular formula is C11H5N5O5S. The minimum absolute atomic E-state index is 0.322. The molecule has 1 rings (SSSR count). The number of nitro benzene ring substituents is 1. The first-order valence-electron chi connectivity index (χ1n) is 5.22. The van der Waals surface area contributed by atoms with Crippen molar-refractivity contribution in [3.05, 3.63) is 39.6 Å². The summed E-state index contributed by atoms with van der Waals surface area (Å²) in [5.74, 6) is 0. The third kappa shape index (κ3) is 3.55. The molecule has 0 saturated carbocycles. The monoisotopic (exact) mass is 319 g/mol. The van der Waals surface area contributed by atoms with E-state index in [1.165, 1.54) is 18.2 Å². The maximum atomic E-state index is 11.0. The molecule has 0 aromatic heterocycles. The SMILES string of the molecule is N#CC(C#N)=C(C#N)Nc1ccc(S(=O)(=O)O)cc1[N+](=O)[O-]. The Bertz CT molecular complexity index is 882. The van der Waals surface area contributed by atoms with Crippen LogP contribution in [0.15, 0.2) is 34.4 Å². The van der Waals surface area contributed by atoms with E-state index in [1.54, 1.807) is 0 Å². The van der Waals surface area contributed by atoms with E-state index in [0.717, 1.165) is 12.1 Å². The van der Waals surface area contributed by atoms with Crippen molar-refractivity contribution in [2.24, 2.45) is 0 Å². The van der Waals surface area contributed by atoms with E-state index in [-0.39, 0.29) is 5.69 Å². The lowest BCUT2D eigenvalue weighted by Gasteiger charge is -2.06. The van der Waals surface area contributed by atoms with Gasteiger partial charge in [0.25, 0.3) is 15.8 Å². The van der Waals surface area contributed by atoms with Gasteiger partial charge >= 0.3 is 0 Å². The van der Waals surface area contributed by atoms with Crippen molar-refractivity contribution in [1.82, 2.24) is 0 Å². The minimum Gasteiger partial charge on any atom is -0.340 e. The van der Waals surface area contributed by atoms with Crippen molar-refractivity contribution in [2.45, 2.75) is 4.90 Å². The molecule has 0 atom stereocenters. The summed E-state index contributed by atoms with van der Waals surface area (Å²) in [6.07, 6.45) is 0. The highest BCUT2D eigenvalue weighted by Crippen LogP contribution is 2.28. The molecule has 22 heavy (non-hydrogen) atoms. The van der Waals surface area contributed by atoms with E-state index in [2.05, 4.69) is 5.32 Å². The number of nitriles is 3. The largest absolute Gasteiger partial charge is 0.340 e. The normalized spacial score (nSPS) is 9.73. The molecule has 0 fully saturated rings. The van der Waals surface area contributed by atoms with Gasteiger partial charge in [-0.15, -0.1) is 0 Å². The van der Waals surface area contributed by atoms with Gasteiger partial charge in [0.2, 0.25) is 0 Å². The first-order valence-corrected chi connectivity index (χ1v) is 6.66. The average molecular weight is 319 g/mol. The van der Waals surface area contributed by atoms with Crippen LogP contribution in [-0.2, 0) is 10.1 Å². The number of allylic oxidation sites excluding steroid dienone is 2. The molecule has 0 heterocycles. The van der Waals surface area contributed by atoms with Gasteiger partial charge in [0.05, 0.1) is 4.92 Å². The molecule has 2 N–H and O–H groups in total. The highest BCUT2D eigenvalue weighted by molar-refractivity contribution is 7.85. The van der Waals surface area contributed by atoms with E-state index in [0.29, 0.717) is 6.07 Å². The molecule has 0 aliphatic heterocycles. The maximum absolute atomic E-state index is 11.0. The highest BCUT2D eigenvalue weighted by Gasteiger charge is 2.21. The van der Waals surface area contributed by atoms with Gasteiger partial charge in [0, 0.05) is 6.07 Å². The summed E-state index contributed by atoms with van der Waals surface area (Å²) in [6.45, 7) is 0. The Morgan fingerprint density at radius 2 is 1.82 bits per heavy atom. The summed E-state index contributed by atoms with van der Waals surface area (Å²) in [4.78, 5) is 9.27. The van der Waals surface area contributed by atoms with Crippen LogP contribution in [0.4, 0.5) is 11.4 Å². The zero-order valence-electron chi connectivity index (χ0n) is 10.5. The smallest absolute Gasteiger partial charge is 0.294 e. The Labute approximate surface area is 124 Å². The van der Waals surface area contributed by atoms with Crippen molar-refractivity contribution < 1.29 is 17.9 Å². The van der Waals surface area contributed by atoms with Crippen molar-refractivity contribution in [1.29, 1.82) is 15.8 Å². The highest BCUT2D eigenvalue weighted by atomic mass is 32.2. The quantitative estimate of drug-likeness (QED) is 0.355. The first kappa shape index (κ1) is 16.6. The number of hydrogen-bond donors (Lipinski definition) is 2. The molecule has 0 spiro atoms. The van der Waals surface area contributed by atoms with Gasteiger partial charge in [0.15, 0.2) is 5.57 Å². The van der Waals surface area contributed by atoms with E-state index in [4.69, 9.17) is 20.3 Å². The fourth-order valence-electron chi connectivity index (χ4n) is 1.35. The number of benzene rings is 1. The second-order valence-corrected chi connectivity index (χ2v) is 5.04. The van der Waals surface area contributed by atoms with Gasteiger partial charge in [-0.05, 0) is 12.1 Å². The summed E-state index contributed by atoms with van der Waals surface area (Å²) < 4.78 is 30.8. The summed E-state index contributed by atoms with van der Waals surface area (Å²) in [5, 5.41) is 39.3. The Morgan fingerprint density at radius 3 is 2.23 bits per heavy atom. The minimum atomic E-state index is -4.65. The van der Waals surface area contributed by atoms with Gasteiger partial charge < -0.3 is 5.32 Å². The third-order valence-electron chi connectivity index (χ3n) is 2.31. The summed E-state index contributed by atoms with van der Waals surface area (Å²) in [5.41, 5.74) is -2.22. The first-order chi connectivity index (χ1) is 10.2. The number of nitrogens with one attached hydrogen (secondary N) is 1. The van der Waals surface area contributed by atoms with E-state index in [9.17, 15) is 18.5 Å². The van der Waals surface area contributed by atoms with Crippen molar-refractivity contribution in [3.63, 3.8) is 0 Å². The molecule has 0 bridgehead atoms. The topological polar surface area (TPSA) is 181 Å². The summed E-state index contributed by atoms with van der Waals surface area (Å²) >= 11 is 0. The van der Waals surface area contributed by atoms with Crippen LogP contribution in [0.2, 0.25) is 0 Å². The van der Waals surface area contributed by atoms with Crippen LogP contribution < -0.4 is 5.32 Å². The molecule has 1 aromatic rings. The van der Waals surface area contributed by atoms with E-state index in [1.807, 2.05) is 0 Å². The number of anilines is 1. The Kier molecular flexibility index (Phi) is 4.77. The van der Waals surface area contributed by atoms with Crippen molar-refractivity contribution in [2.75, 3.05) is 5.32 Å². The van der Waals surface area contributed by atoms with Gasteiger partial charge in [-0.2, -0.15) is 24.2 Å². The predicted octanol–water partition coefficient (Wildman–Crippen LogP) is 1.08. The molecule has 0 radical (unpaired) electrons. The molecule has 11 heteroatoms. The fraction of sp³-hybridized carbons (Fsp3) is 0. The summed E-state index contributed by atoms with van der Waals surface area (Å²) in [6, 6.07) is 6.72. The average Bonchev–Trinajstić information content (AvgIpc) is 2.46. The molecule has 0 aliphatic rings. The third-order valence-corrected chi connectivity index (χ3v) is 3.16. The standard InChI is InChI=1S/C11H5N5O5S/c12-4-7(5-13)10(6-14)15-9-2-1-8(22(19,20)21)3-11(9)16(17)18/h1-3,15H,(H,19,20,21). The lowest BCUT2D eigenvalue weighted by molar-refractivity contribution is -0.384. The number of hydrogen-bond acceptors (Lipinski definition) is 8. The molecule has 0 unspecified atom stereocenters. The molecule has 110 valence electrons. The summed E-state index contributed by atoms with van der Waals surface area (Å²) in [7, 11) is -4.65. The van der Waals surface area contributed by atoms with E-state index < -0.39 is 36.9 Å². The number of nitro groups is 1. The fourth-order valence-corrected chi connectivity index (χ4v) is 1.85. The molecule has 0 saturated heterocycles. The van der Waals surface area contributed by atoms with Gasteiger partial charge in [0.1, 0.15) is 34.5 Å². The zero-order chi connectivity index (χ0) is 16.9. The predicted molar refractivity (Wildman–Crippen MR) is 70.4 cm³/mol. The van der Waals surface area contributed by atoms with Crippen LogP contribution in [0.1, 0.15) is 0 Å². The van der Waals surface area contributed by atoms with Gasteiger partial charge in [-0.3, -0.25) is 14.7 Å². The van der Waals surface area contributed by atoms with Gasteiger partial charge in [-0.1, -0.05) is 0 Å². The number of nitrogens with zero attached hydrogens (tertiary/aromatic N) is 4. The molecule has 0 amide bonds. The number of rotatable bonds is 4. The van der Waals surface area contributed by atoms with Crippen molar-refractivity contribution in [3.8, 4) is 18.2 Å². The lowest BCUT2D eigenvalue weighted by atomic mass is 10.2. The lowest BCUT2D eigenvalue weighted by Crippen LogP contribution is -2.05. The maximum Gasteiger partial charge on any atom is 0.294 e. The van der Waals surface area contributed by atoms with Crippen molar-refractivity contribution >= 4 is 21.5 Å².